The Bertz CT molecular complexity index is 1330. The maximum absolute atomic E-state index is 12.8. The Hall–Kier alpha value is -3.79. The first kappa shape index (κ1) is 29.8. The molecule has 1 aliphatic rings. The van der Waals surface area contributed by atoms with Crippen LogP contribution in [0.25, 0.3) is 11.0 Å². The van der Waals surface area contributed by atoms with Gasteiger partial charge in [-0.2, -0.15) is 5.48 Å². The molecule has 2 heterocycles. The first-order valence-electron chi connectivity index (χ1n) is 12.5. The molecule has 12 nitrogen and oxygen atoms in total. The summed E-state index contributed by atoms with van der Waals surface area (Å²) in [7, 11) is 1.34. The van der Waals surface area contributed by atoms with Crippen LogP contribution in [0.3, 0.4) is 0 Å². The Balaban J connectivity index is 1.96. The predicted octanol–water partition coefficient (Wildman–Crippen LogP) is 3.13. The van der Waals surface area contributed by atoms with E-state index in [-0.39, 0.29) is 40.4 Å². The second kappa shape index (κ2) is 12.4. The number of hydroxylamine groups is 1. The minimum absolute atomic E-state index is 0.0846. The van der Waals surface area contributed by atoms with Crippen molar-refractivity contribution in [2.24, 2.45) is 11.1 Å². The van der Waals surface area contributed by atoms with E-state index in [1.54, 1.807) is 26.8 Å². The molecule has 0 spiro atoms. The summed E-state index contributed by atoms with van der Waals surface area (Å²) in [6, 6.07) is 3.06. The van der Waals surface area contributed by atoms with E-state index in [2.05, 4.69) is 16.6 Å². The molecule has 1 aromatic heterocycles. The zero-order valence-corrected chi connectivity index (χ0v) is 22.8. The summed E-state index contributed by atoms with van der Waals surface area (Å²) in [4.78, 5) is 34.6. The first-order chi connectivity index (χ1) is 18.5. The number of fused-ring (bicyclic) bond motifs is 1. The van der Waals surface area contributed by atoms with Gasteiger partial charge in [0.1, 0.15) is 42.5 Å². The van der Waals surface area contributed by atoms with Crippen LogP contribution in [-0.4, -0.2) is 59.8 Å². The molecule has 0 bridgehead atoms. The topological polar surface area (TPSA) is 158 Å². The minimum Gasteiger partial charge on any atom is -0.506 e. The van der Waals surface area contributed by atoms with Gasteiger partial charge >= 0.3 is 11.7 Å². The van der Waals surface area contributed by atoms with Crippen LogP contribution in [0.5, 0.6) is 11.5 Å². The van der Waals surface area contributed by atoms with Crippen LogP contribution in [-0.2, 0) is 19.1 Å². The lowest BCUT2D eigenvalue weighted by Gasteiger charge is -2.48. The van der Waals surface area contributed by atoms with E-state index in [1.165, 1.54) is 13.2 Å². The highest BCUT2D eigenvalue weighted by atomic mass is 16.7. The second-order valence-electron chi connectivity index (χ2n) is 9.27. The predicted molar refractivity (Wildman–Crippen MR) is 140 cm³/mol. The highest BCUT2D eigenvalue weighted by Gasteiger charge is 2.52. The van der Waals surface area contributed by atoms with Crippen LogP contribution in [0.1, 0.15) is 51.7 Å². The minimum atomic E-state index is -1.40. The average molecular weight is 547 g/mol. The van der Waals surface area contributed by atoms with Gasteiger partial charge in [0.05, 0.1) is 16.7 Å². The maximum atomic E-state index is 12.8. The lowest BCUT2D eigenvalue weighted by Crippen LogP contribution is -2.62. The van der Waals surface area contributed by atoms with Gasteiger partial charge in [0.15, 0.2) is 6.10 Å². The Morgan fingerprint density at radius 2 is 2.05 bits per heavy atom. The lowest BCUT2D eigenvalue weighted by atomic mass is 9.79. The molecule has 212 valence electrons. The van der Waals surface area contributed by atoms with E-state index < -0.39 is 41.7 Å². The Morgan fingerprint density at radius 3 is 2.67 bits per heavy atom. The average Bonchev–Trinajstić information content (AvgIpc) is 2.91. The highest BCUT2D eigenvalue weighted by Crippen LogP contribution is 2.40. The molecule has 1 unspecified atom stereocenters. The number of terminal acetylenes is 1. The highest BCUT2D eigenvalue weighted by molar-refractivity contribution is 6.06. The fourth-order valence-electron chi connectivity index (χ4n) is 4.47. The van der Waals surface area contributed by atoms with Crippen LogP contribution >= 0.6 is 0 Å². The number of benzene rings is 1. The molecule has 5 atom stereocenters. The third-order valence-corrected chi connectivity index (χ3v) is 7.03. The molecule has 1 saturated heterocycles. The maximum Gasteiger partial charge on any atom is 0.431 e. The number of ether oxygens (including phenoxy) is 3. The number of aromatic hydroxyl groups is 1. The van der Waals surface area contributed by atoms with Gasteiger partial charge in [-0.05, 0) is 38.8 Å². The van der Waals surface area contributed by atoms with E-state index in [1.807, 2.05) is 13.8 Å². The molecule has 3 rings (SSSR count). The van der Waals surface area contributed by atoms with Crippen molar-refractivity contribution in [2.75, 3.05) is 13.7 Å². The van der Waals surface area contributed by atoms with Gasteiger partial charge in [-0.25, -0.2) is 9.59 Å². The smallest absolute Gasteiger partial charge is 0.431 e. The fourth-order valence-corrected chi connectivity index (χ4v) is 4.47. The van der Waals surface area contributed by atoms with Crippen molar-refractivity contribution in [3.05, 3.63) is 33.7 Å². The SMILES string of the molecule is C#CCONC(=O)O[C@@H]1[C@@H](C)[C@](C)(CC)OC(Oc2ccc3c(O)c(/C(CC)=N/OC)c(=O)oc3c2C)[C@@H]1O. The van der Waals surface area contributed by atoms with Crippen molar-refractivity contribution in [3.63, 3.8) is 0 Å². The van der Waals surface area contributed by atoms with Crippen molar-refractivity contribution in [1.29, 1.82) is 0 Å². The van der Waals surface area contributed by atoms with Gasteiger partial charge in [-0.15, -0.1) is 6.42 Å². The number of carbonyl (C=O) groups is 1. The number of hydrogen-bond acceptors (Lipinski definition) is 11. The van der Waals surface area contributed by atoms with Crippen LogP contribution in [0, 0.1) is 25.2 Å². The molecule has 1 aromatic carbocycles. The molecule has 39 heavy (non-hydrogen) atoms. The van der Waals surface area contributed by atoms with E-state index in [0.29, 0.717) is 18.4 Å². The second-order valence-corrected chi connectivity index (χ2v) is 9.27. The number of hydrogen-bond donors (Lipinski definition) is 3. The molecule has 1 fully saturated rings. The van der Waals surface area contributed by atoms with Gasteiger partial charge in [0.2, 0.25) is 6.29 Å². The fraction of sp³-hybridized carbons (Fsp3) is 0.519. The van der Waals surface area contributed by atoms with Gasteiger partial charge in [-0.3, -0.25) is 4.84 Å². The van der Waals surface area contributed by atoms with Gasteiger partial charge < -0.3 is 33.7 Å². The van der Waals surface area contributed by atoms with Crippen LogP contribution in [0.2, 0.25) is 0 Å². The summed E-state index contributed by atoms with van der Waals surface area (Å²) in [6.45, 7) is 8.73. The molecule has 0 radical (unpaired) electrons. The van der Waals surface area contributed by atoms with E-state index in [4.69, 9.17) is 34.7 Å². The van der Waals surface area contributed by atoms with Crippen LogP contribution < -0.4 is 15.8 Å². The van der Waals surface area contributed by atoms with Crippen molar-refractivity contribution >= 4 is 22.8 Å². The normalized spacial score (nSPS) is 25.1. The number of carbonyl (C=O) groups excluding carboxylic acids is 1. The number of nitrogens with one attached hydrogen (secondary N) is 1. The third-order valence-electron chi connectivity index (χ3n) is 7.03. The zero-order chi connectivity index (χ0) is 28.9. The number of aryl methyl sites for hydroxylation is 1. The molecule has 1 amide bonds. The zero-order valence-electron chi connectivity index (χ0n) is 22.8. The summed E-state index contributed by atoms with van der Waals surface area (Å²) in [5, 5.41) is 26.1. The largest absolute Gasteiger partial charge is 0.506 e. The molecule has 12 heteroatoms. The number of aliphatic hydroxyl groups excluding tert-OH is 1. The number of oxime groups is 1. The molecule has 2 aromatic rings. The number of amides is 1. The van der Waals surface area contributed by atoms with Crippen molar-refractivity contribution in [1.82, 2.24) is 5.48 Å². The van der Waals surface area contributed by atoms with Gasteiger partial charge in [-0.1, -0.05) is 31.8 Å². The molecule has 0 aliphatic carbocycles. The quantitative estimate of drug-likeness (QED) is 0.140. The van der Waals surface area contributed by atoms with Crippen molar-refractivity contribution in [3.8, 4) is 23.8 Å². The number of aliphatic hydroxyl groups is 1. The molecule has 1 aliphatic heterocycles. The van der Waals surface area contributed by atoms with E-state index in [0.717, 1.165) is 0 Å². The van der Waals surface area contributed by atoms with Crippen molar-refractivity contribution < 1.29 is 43.3 Å². The van der Waals surface area contributed by atoms with Gasteiger partial charge in [0, 0.05) is 11.5 Å². The lowest BCUT2D eigenvalue weighted by molar-refractivity contribution is -0.290. The third kappa shape index (κ3) is 5.95. The van der Waals surface area contributed by atoms with Crippen LogP contribution in [0.4, 0.5) is 4.79 Å². The van der Waals surface area contributed by atoms with Gasteiger partial charge in [0.25, 0.3) is 0 Å². The monoisotopic (exact) mass is 546 g/mol. The number of nitrogens with zero attached hydrogens (tertiary/aromatic N) is 1. The summed E-state index contributed by atoms with van der Waals surface area (Å²) in [5.41, 5.74) is 1.03. The summed E-state index contributed by atoms with van der Waals surface area (Å²) < 4.78 is 23.2. The standard InChI is InChI=1S/C27H34N2O10/c1-8-13-35-29-26(33)38-23-15(5)27(6,10-3)39-25(21(23)31)36-18-12-11-16-20(30)19(17(9-2)28-34-7)24(32)37-22(16)14(18)4/h1,11-12,15,21,23,25,30-31H,9-10,13H2,2-7H3,(H,29,33)/b28-17+/t15-,21-,23-,25?,27+/m1/s1. The summed E-state index contributed by atoms with van der Waals surface area (Å²) in [6.07, 6.45) is 1.33. The molecule has 0 saturated carbocycles. The molecular weight excluding hydrogens is 512 g/mol. The Kier molecular flexibility index (Phi) is 9.45. The van der Waals surface area contributed by atoms with Crippen LogP contribution in [0.15, 0.2) is 26.5 Å². The molecular formula is C27H34N2O10. The number of rotatable bonds is 9. The summed E-state index contributed by atoms with van der Waals surface area (Å²) in [5.74, 6) is 1.69. The summed E-state index contributed by atoms with van der Waals surface area (Å²) >= 11 is 0. The van der Waals surface area contributed by atoms with Crippen molar-refractivity contribution in [2.45, 2.75) is 71.6 Å². The first-order valence-corrected chi connectivity index (χ1v) is 12.5. The molecule has 3 N–H and O–H groups in total. The Morgan fingerprint density at radius 1 is 1.33 bits per heavy atom. The van der Waals surface area contributed by atoms with E-state index in [9.17, 15) is 19.8 Å². The Labute approximate surface area is 225 Å². The van der Waals surface area contributed by atoms with E-state index >= 15 is 0 Å².